The fourth-order valence-corrected chi connectivity index (χ4v) is 1.58. The summed E-state index contributed by atoms with van der Waals surface area (Å²) in [6.45, 7) is 1.81. The van der Waals surface area contributed by atoms with Crippen LogP contribution in [-0.4, -0.2) is 16.0 Å². The Labute approximate surface area is 100.0 Å². The number of aromatic nitrogens is 2. The van der Waals surface area contributed by atoms with Gasteiger partial charge < -0.3 is 9.84 Å². The lowest BCUT2D eigenvalue weighted by molar-refractivity contribution is 0.101. The van der Waals surface area contributed by atoms with Crippen LogP contribution in [0.25, 0.3) is 0 Å². The summed E-state index contributed by atoms with van der Waals surface area (Å²) in [5, 5.41) is 6.24. The van der Waals surface area contributed by atoms with Gasteiger partial charge in [-0.1, -0.05) is 5.16 Å². The van der Waals surface area contributed by atoms with Gasteiger partial charge in [-0.3, -0.25) is 4.79 Å². The number of nitrogens with zero attached hydrogens (tertiary/aromatic N) is 2. The number of anilines is 1. The molecule has 2 heterocycles. The Morgan fingerprint density at radius 2 is 2.25 bits per heavy atom. The number of carbonyl (C=O) groups is 1. The second-order valence-electron chi connectivity index (χ2n) is 3.11. The molecule has 0 aliphatic heterocycles. The number of hydrogen-bond acceptors (Lipinski definition) is 4. The van der Waals surface area contributed by atoms with Crippen molar-refractivity contribution in [3.8, 4) is 0 Å². The molecule has 16 heavy (non-hydrogen) atoms. The van der Waals surface area contributed by atoms with Crippen LogP contribution in [0.3, 0.4) is 0 Å². The number of nitrogens with one attached hydrogen (secondary N) is 1. The Hall–Kier alpha value is -1.69. The van der Waals surface area contributed by atoms with Crippen LogP contribution in [0, 0.1) is 6.92 Å². The number of carbonyl (C=O) groups excluding carboxylic acids is 1. The lowest BCUT2D eigenvalue weighted by Gasteiger charge is -2.05. The molecule has 0 radical (unpaired) electrons. The minimum absolute atomic E-state index is 0.238. The maximum atomic E-state index is 11.6. The zero-order valence-corrected chi connectivity index (χ0v) is 9.98. The highest BCUT2D eigenvalue weighted by atomic mass is 79.9. The SMILES string of the molecule is Cc1nc(Br)ccc1NC(=O)c1ccon1. The van der Waals surface area contributed by atoms with Gasteiger partial charge in [0, 0.05) is 6.07 Å². The molecule has 1 N–H and O–H groups in total. The summed E-state index contributed by atoms with van der Waals surface area (Å²) in [5.41, 5.74) is 1.62. The zero-order valence-electron chi connectivity index (χ0n) is 8.40. The van der Waals surface area contributed by atoms with E-state index in [0.717, 1.165) is 10.3 Å². The predicted molar refractivity (Wildman–Crippen MR) is 61.1 cm³/mol. The van der Waals surface area contributed by atoms with E-state index in [0.29, 0.717) is 5.69 Å². The summed E-state index contributed by atoms with van der Waals surface area (Å²) in [6.07, 6.45) is 1.35. The zero-order chi connectivity index (χ0) is 11.5. The largest absolute Gasteiger partial charge is 0.364 e. The Bertz CT molecular complexity index is 511. The minimum Gasteiger partial charge on any atom is -0.364 e. The molecular formula is C10H8BrN3O2. The lowest BCUT2D eigenvalue weighted by atomic mass is 10.3. The van der Waals surface area contributed by atoms with Crippen molar-refractivity contribution in [2.75, 3.05) is 5.32 Å². The van der Waals surface area contributed by atoms with Gasteiger partial charge in [-0.05, 0) is 35.0 Å². The molecule has 0 aromatic carbocycles. The van der Waals surface area contributed by atoms with Gasteiger partial charge in [0.25, 0.3) is 5.91 Å². The number of pyridine rings is 1. The van der Waals surface area contributed by atoms with Crippen LogP contribution in [0.4, 0.5) is 5.69 Å². The molecule has 82 valence electrons. The van der Waals surface area contributed by atoms with Crippen LogP contribution in [0.5, 0.6) is 0 Å². The molecule has 0 saturated heterocycles. The van der Waals surface area contributed by atoms with Crippen molar-refractivity contribution in [1.82, 2.24) is 10.1 Å². The molecule has 2 rings (SSSR count). The standard InChI is InChI=1S/C10H8BrN3O2/c1-6-7(2-3-9(11)12-6)13-10(15)8-4-5-16-14-8/h2-5H,1H3,(H,13,15). The first-order valence-electron chi connectivity index (χ1n) is 4.51. The first-order valence-corrected chi connectivity index (χ1v) is 5.31. The first kappa shape index (κ1) is 10.8. The smallest absolute Gasteiger partial charge is 0.277 e. The number of amides is 1. The Balaban J connectivity index is 2.18. The molecule has 0 aliphatic carbocycles. The molecule has 0 spiro atoms. The van der Waals surface area contributed by atoms with Crippen molar-refractivity contribution in [3.05, 3.63) is 40.5 Å². The van der Waals surface area contributed by atoms with E-state index in [2.05, 4.69) is 35.9 Å². The monoisotopic (exact) mass is 281 g/mol. The average molecular weight is 282 g/mol. The summed E-state index contributed by atoms with van der Waals surface area (Å²) >= 11 is 3.25. The molecule has 6 heteroatoms. The third-order valence-electron chi connectivity index (χ3n) is 1.97. The third-order valence-corrected chi connectivity index (χ3v) is 2.41. The normalized spacial score (nSPS) is 10.1. The summed E-state index contributed by atoms with van der Waals surface area (Å²) in [6, 6.07) is 5.02. The van der Waals surface area contributed by atoms with Crippen LogP contribution >= 0.6 is 15.9 Å². The van der Waals surface area contributed by atoms with Crippen molar-refractivity contribution < 1.29 is 9.32 Å². The van der Waals surface area contributed by atoms with Gasteiger partial charge in [-0.15, -0.1) is 0 Å². The lowest BCUT2D eigenvalue weighted by Crippen LogP contribution is -2.13. The number of halogens is 1. The van der Waals surface area contributed by atoms with Crippen molar-refractivity contribution in [3.63, 3.8) is 0 Å². The molecule has 2 aromatic rings. The minimum atomic E-state index is -0.319. The molecule has 5 nitrogen and oxygen atoms in total. The summed E-state index contributed by atoms with van der Waals surface area (Å²) in [5.74, 6) is -0.319. The third kappa shape index (κ3) is 2.27. The maximum absolute atomic E-state index is 11.6. The van der Waals surface area contributed by atoms with Crippen LogP contribution in [0.2, 0.25) is 0 Å². The molecule has 0 fully saturated rings. The number of hydrogen-bond donors (Lipinski definition) is 1. The van der Waals surface area contributed by atoms with E-state index in [9.17, 15) is 4.79 Å². The fraction of sp³-hybridized carbons (Fsp3) is 0.100. The van der Waals surface area contributed by atoms with Crippen LogP contribution in [0.1, 0.15) is 16.2 Å². The summed E-state index contributed by atoms with van der Waals surface area (Å²) in [7, 11) is 0. The highest BCUT2D eigenvalue weighted by molar-refractivity contribution is 9.10. The predicted octanol–water partition coefficient (Wildman–Crippen LogP) is 2.39. The van der Waals surface area contributed by atoms with E-state index >= 15 is 0 Å². The van der Waals surface area contributed by atoms with Crippen LogP contribution in [0.15, 0.2) is 33.6 Å². The van der Waals surface area contributed by atoms with E-state index in [1.165, 1.54) is 12.3 Å². The molecule has 0 unspecified atom stereocenters. The van der Waals surface area contributed by atoms with Gasteiger partial charge in [0.2, 0.25) is 0 Å². The molecule has 1 amide bonds. The second kappa shape index (κ2) is 4.44. The molecule has 0 atom stereocenters. The topological polar surface area (TPSA) is 68.0 Å². The second-order valence-corrected chi connectivity index (χ2v) is 3.92. The van der Waals surface area contributed by atoms with Crippen molar-refractivity contribution in [2.45, 2.75) is 6.92 Å². The van der Waals surface area contributed by atoms with E-state index in [-0.39, 0.29) is 11.6 Å². The maximum Gasteiger partial charge on any atom is 0.277 e. The fourth-order valence-electron chi connectivity index (χ4n) is 1.18. The van der Waals surface area contributed by atoms with Crippen molar-refractivity contribution in [1.29, 1.82) is 0 Å². The number of rotatable bonds is 2. The van der Waals surface area contributed by atoms with E-state index < -0.39 is 0 Å². The summed E-state index contributed by atoms with van der Waals surface area (Å²) in [4.78, 5) is 15.8. The molecular weight excluding hydrogens is 274 g/mol. The number of aryl methyl sites for hydroxylation is 1. The Morgan fingerprint density at radius 1 is 1.44 bits per heavy atom. The van der Waals surface area contributed by atoms with Gasteiger partial charge in [-0.2, -0.15) is 0 Å². The quantitative estimate of drug-likeness (QED) is 0.859. The van der Waals surface area contributed by atoms with E-state index in [1.54, 1.807) is 12.1 Å². The van der Waals surface area contributed by atoms with Gasteiger partial charge in [0.15, 0.2) is 5.69 Å². The highest BCUT2D eigenvalue weighted by Crippen LogP contribution is 2.16. The van der Waals surface area contributed by atoms with Crippen LogP contribution in [-0.2, 0) is 0 Å². The van der Waals surface area contributed by atoms with Gasteiger partial charge >= 0.3 is 0 Å². The van der Waals surface area contributed by atoms with Gasteiger partial charge in [-0.25, -0.2) is 4.98 Å². The van der Waals surface area contributed by atoms with Crippen LogP contribution < -0.4 is 5.32 Å². The van der Waals surface area contributed by atoms with Crippen molar-refractivity contribution >= 4 is 27.5 Å². The summed E-state index contributed by atoms with van der Waals surface area (Å²) < 4.78 is 5.32. The van der Waals surface area contributed by atoms with Gasteiger partial charge in [0.05, 0.1) is 11.4 Å². The highest BCUT2D eigenvalue weighted by Gasteiger charge is 2.10. The average Bonchev–Trinajstić information content (AvgIpc) is 2.75. The molecule has 0 bridgehead atoms. The Morgan fingerprint density at radius 3 is 2.88 bits per heavy atom. The molecule has 0 saturated carbocycles. The van der Waals surface area contributed by atoms with Gasteiger partial charge in [0.1, 0.15) is 10.9 Å². The van der Waals surface area contributed by atoms with Crippen molar-refractivity contribution in [2.24, 2.45) is 0 Å². The molecule has 2 aromatic heterocycles. The Kier molecular flexibility index (Phi) is 3.00. The van der Waals surface area contributed by atoms with E-state index in [1.807, 2.05) is 6.92 Å². The van der Waals surface area contributed by atoms with E-state index in [4.69, 9.17) is 0 Å². The first-order chi connectivity index (χ1) is 7.66. The molecule has 0 aliphatic rings.